The fourth-order valence-corrected chi connectivity index (χ4v) is 9.77. The highest BCUT2D eigenvalue weighted by atomic mass is 32.2. The Bertz CT molecular complexity index is 3020. The minimum Gasteiger partial charge on any atom is -0.508 e. The van der Waals surface area contributed by atoms with E-state index >= 15 is 0 Å². The molecule has 24 nitrogen and oxygen atoms in total. The van der Waals surface area contributed by atoms with Crippen molar-refractivity contribution in [1.29, 1.82) is 0 Å². The fraction of sp³-hybridized carbons (Fsp3) is 0.310. The average molecular weight is 1300 g/mol. The molecule has 6 atom stereocenters. The van der Waals surface area contributed by atoms with Gasteiger partial charge in [0, 0.05) is 35.9 Å². The lowest BCUT2D eigenvalue weighted by molar-refractivity contribution is -0.193. The summed E-state index contributed by atoms with van der Waals surface area (Å²) in [5.74, 6) is -10.4. The molecule has 0 aliphatic carbocycles. The van der Waals surface area contributed by atoms with Gasteiger partial charge in [-0.3, -0.25) is 49.2 Å². The maximum Gasteiger partial charge on any atom is 0.490 e. The molecule has 32 heteroatoms. The first-order valence-corrected chi connectivity index (χ1v) is 29.1. The number of aromatic hydroxyl groups is 2. The number of nitrogens with one attached hydrogen (secondary N) is 8. The van der Waals surface area contributed by atoms with Crippen molar-refractivity contribution in [1.82, 2.24) is 42.8 Å². The summed E-state index contributed by atoms with van der Waals surface area (Å²) in [7, 11) is 0. The smallest absolute Gasteiger partial charge is 0.490 e. The molecule has 1 aliphatic heterocycles. The van der Waals surface area contributed by atoms with Gasteiger partial charge in [-0.05, 0) is 70.5 Å². The van der Waals surface area contributed by atoms with Gasteiger partial charge in [-0.25, -0.2) is 9.59 Å². The molecule has 0 aromatic heterocycles. The Kier molecular flexibility index (Phi) is 29.4. The molecule has 0 spiro atoms. The van der Waals surface area contributed by atoms with E-state index < -0.39 is 121 Å². The molecule has 8 amide bonds. The third-order valence-corrected chi connectivity index (χ3v) is 14.5. The highest BCUT2D eigenvalue weighted by Crippen LogP contribution is 2.21. The minimum atomic E-state index is -5.08. The van der Waals surface area contributed by atoms with Crippen LogP contribution in [0.1, 0.15) is 33.4 Å². The highest BCUT2D eigenvalue weighted by molar-refractivity contribution is 7.98. The largest absolute Gasteiger partial charge is 0.508 e. The SMILES string of the molecule is N[C@@H](Cc1ccc(O)cc1)C(=O)N[C@@H]1CSCc2cccc(c2)CSC[C@@H](NC(=O)[C@@H](N)Cc2ccc(O)cc2)C(=O)NCC(=O)N[C@@H](Cc2ccccc2)C(=O)NNC(=O)[C@H](Cc2ccccc2)NC(=O)CNC1=O.O=C(O)C(F)(F)F.O=C(O)C(F)(F)F. The van der Waals surface area contributed by atoms with Crippen LogP contribution in [0, 0.1) is 0 Å². The number of nitrogens with two attached hydrogens (primary N) is 2. The molecule has 1 aliphatic rings. The lowest BCUT2D eigenvalue weighted by Crippen LogP contribution is -2.59. The van der Waals surface area contributed by atoms with Gasteiger partial charge >= 0.3 is 24.3 Å². The molecule has 0 saturated heterocycles. The molecule has 2 bridgehead atoms. The van der Waals surface area contributed by atoms with Gasteiger partial charge in [0.05, 0.1) is 25.2 Å². The van der Waals surface area contributed by atoms with Crippen molar-refractivity contribution < 1.29 is 94.7 Å². The van der Waals surface area contributed by atoms with Gasteiger partial charge in [-0.1, -0.05) is 109 Å². The van der Waals surface area contributed by atoms with Crippen LogP contribution in [0.25, 0.3) is 0 Å². The van der Waals surface area contributed by atoms with Crippen LogP contribution in [-0.4, -0.2) is 153 Å². The Balaban J connectivity index is 0.00000110. The molecule has 90 heavy (non-hydrogen) atoms. The number of carbonyl (C=O) groups is 10. The summed E-state index contributed by atoms with van der Waals surface area (Å²) in [6.07, 6.45) is -10.0. The predicted octanol–water partition coefficient (Wildman–Crippen LogP) is 1.79. The van der Waals surface area contributed by atoms with Crippen molar-refractivity contribution in [3.63, 3.8) is 0 Å². The summed E-state index contributed by atoms with van der Waals surface area (Å²) in [6, 6.07) is 30.3. The maximum absolute atomic E-state index is 13.9. The van der Waals surface area contributed by atoms with Crippen molar-refractivity contribution >= 4 is 82.7 Å². The van der Waals surface area contributed by atoms with Gasteiger partial charge in [0.1, 0.15) is 35.7 Å². The van der Waals surface area contributed by atoms with E-state index in [1.54, 1.807) is 84.9 Å². The van der Waals surface area contributed by atoms with Gasteiger partial charge in [0.15, 0.2) is 0 Å². The molecule has 0 fully saturated rings. The second kappa shape index (κ2) is 36.2. The quantitative estimate of drug-likeness (QED) is 0.0792. The fourth-order valence-electron chi connectivity index (χ4n) is 7.77. The molecular weight excluding hydrogens is 1240 g/mol. The number of aliphatic carboxylic acids is 2. The molecule has 484 valence electrons. The Labute approximate surface area is 518 Å². The Morgan fingerprint density at radius 1 is 0.500 bits per heavy atom. The summed E-state index contributed by atoms with van der Waals surface area (Å²) in [6.45, 7) is -1.20. The van der Waals surface area contributed by atoms with Crippen LogP contribution < -0.4 is 54.2 Å². The van der Waals surface area contributed by atoms with Crippen LogP contribution in [0.5, 0.6) is 11.5 Å². The lowest BCUT2D eigenvalue weighted by Gasteiger charge is -2.23. The van der Waals surface area contributed by atoms with E-state index in [4.69, 9.17) is 31.3 Å². The number of carboxylic acids is 2. The normalized spacial score (nSPS) is 18.3. The summed E-state index contributed by atoms with van der Waals surface area (Å²) in [5.41, 5.74) is 21.6. The number of phenolic OH excluding ortho intramolecular Hbond substituents is 2. The number of carboxylic acid groups (broad SMARTS) is 2. The number of fused-ring (bicyclic) bond motifs is 2. The number of carbonyl (C=O) groups excluding carboxylic acids is 8. The van der Waals surface area contributed by atoms with Gasteiger partial charge in [0.25, 0.3) is 11.8 Å². The zero-order valence-electron chi connectivity index (χ0n) is 47.3. The Hall–Kier alpha value is -9.40. The summed E-state index contributed by atoms with van der Waals surface area (Å²) in [5, 5.41) is 49.5. The van der Waals surface area contributed by atoms with E-state index in [2.05, 4.69) is 42.8 Å². The first-order valence-electron chi connectivity index (χ1n) is 26.8. The lowest BCUT2D eigenvalue weighted by atomic mass is 10.0. The first kappa shape index (κ1) is 73.1. The number of halogens is 6. The minimum absolute atomic E-state index is 0.0359. The van der Waals surface area contributed by atoms with E-state index in [9.17, 15) is 74.9 Å². The van der Waals surface area contributed by atoms with Gasteiger partial charge in [-0.2, -0.15) is 49.9 Å². The van der Waals surface area contributed by atoms with Crippen molar-refractivity contribution in [3.05, 3.63) is 167 Å². The molecule has 16 N–H and O–H groups in total. The van der Waals surface area contributed by atoms with Crippen LogP contribution in [0.4, 0.5) is 26.3 Å². The van der Waals surface area contributed by atoms with Crippen LogP contribution in [0.15, 0.2) is 133 Å². The van der Waals surface area contributed by atoms with E-state index in [0.29, 0.717) is 33.8 Å². The van der Waals surface area contributed by atoms with E-state index in [1.165, 1.54) is 47.8 Å². The molecule has 5 aromatic rings. The summed E-state index contributed by atoms with van der Waals surface area (Å²) >= 11 is 2.66. The molecule has 0 saturated carbocycles. The molecular formula is C58H64F6N10O14S2. The second-order valence-electron chi connectivity index (χ2n) is 19.6. The van der Waals surface area contributed by atoms with Gasteiger partial charge < -0.3 is 63.8 Å². The van der Waals surface area contributed by atoms with E-state index in [-0.39, 0.29) is 48.7 Å². The second-order valence-corrected chi connectivity index (χ2v) is 21.6. The van der Waals surface area contributed by atoms with Crippen LogP contribution in [-0.2, 0) is 85.1 Å². The number of rotatable bonds is 12. The Morgan fingerprint density at radius 3 is 1.16 bits per heavy atom. The first-order chi connectivity index (χ1) is 42.5. The monoisotopic (exact) mass is 1300 g/mol. The predicted molar refractivity (Wildman–Crippen MR) is 316 cm³/mol. The third-order valence-electron chi connectivity index (χ3n) is 12.3. The maximum atomic E-state index is 13.9. The number of benzene rings is 5. The molecule has 0 unspecified atom stereocenters. The van der Waals surface area contributed by atoms with Crippen LogP contribution in [0.3, 0.4) is 0 Å². The number of alkyl halides is 6. The molecule has 6 rings (SSSR count). The molecule has 0 radical (unpaired) electrons. The third kappa shape index (κ3) is 27.3. The standard InChI is InChI=1S/C54H62N10O10S2.2C2HF3O2/c55-41(23-35-14-18-39(65)19-15-35)49(69)61-45-31-75-29-37-12-7-13-38(22-37)30-76-32-46(62-50(70)42(56)24-36-16-20-40(66)21-17-36)52(72)58-28-48(68)60-44(26-34-10-5-2-6-11-34)54(74)64-63-53(73)43(25-33-8-3-1-4-9-33)59-47(67)27-57-51(45)71;2*3-2(4,5)1(6)7/h1-22,41-46,65-66H,23-32,55-56H2,(H,57,71)(H,58,72)(H,59,67)(H,60,68)(H,61,69)(H,62,70)(H,63,73)(H,64,74);2*(H,6,7)/t41-,42-,43-,44-,45+,46+;;/m0../s1. The zero-order valence-corrected chi connectivity index (χ0v) is 49.0. The van der Waals surface area contributed by atoms with Crippen molar-refractivity contribution in [3.8, 4) is 11.5 Å². The topological polar surface area (TPSA) is 400 Å². The number of hydrogen-bond acceptors (Lipinski definition) is 16. The van der Waals surface area contributed by atoms with Gasteiger partial charge in [0.2, 0.25) is 35.4 Å². The van der Waals surface area contributed by atoms with E-state index in [1.807, 2.05) is 24.3 Å². The average Bonchev–Trinajstić information content (AvgIpc) is 3.37. The number of hydrazine groups is 1. The summed E-state index contributed by atoms with van der Waals surface area (Å²) < 4.78 is 63.5. The van der Waals surface area contributed by atoms with Crippen LogP contribution in [0.2, 0.25) is 0 Å². The Morgan fingerprint density at radius 2 is 0.833 bits per heavy atom. The van der Waals surface area contributed by atoms with E-state index in [0.717, 1.165) is 11.1 Å². The number of hydrogen-bond donors (Lipinski definition) is 14. The molecule has 5 aromatic carbocycles. The number of amides is 8. The number of phenols is 2. The van der Waals surface area contributed by atoms with Crippen molar-refractivity contribution in [2.24, 2.45) is 11.5 Å². The highest BCUT2D eigenvalue weighted by Gasteiger charge is 2.39. The zero-order chi connectivity index (χ0) is 66.6. The molecule has 1 heterocycles. The van der Waals surface area contributed by atoms with Crippen LogP contribution >= 0.6 is 23.5 Å². The van der Waals surface area contributed by atoms with Crippen molar-refractivity contribution in [2.45, 2.75) is 85.8 Å². The number of thioether (sulfide) groups is 2. The van der Waals surface area contributed by atoms with Gasteiger partial charge in [-0.15, -0.1) is 0 Å². The van der Waals surface area contributed by atoms with Crippen molar-refractivity contribution in [2.75, 3.05) is 24.6 Å². The summed E-state index contributed by atoms with van der Waals surface area (Å²) in [4.78, 5) is 127.